The predicted octanol–water partition coefficient (Wildman–Crippen LogP) is 3.13. The van der Waals surface area contributed by atoms with Gasteiger partial charge in [0.15, 0.2) is 0 Å². The number of hydrogen-bond acceptors (Lipinski definition) is 3. The maximum absolute atomic E-state index is 13.5. The molecule has 0 aliphatic carbocycles. The lowest BCUT2D eigenvalue weighted by molar-refractivity contribution is 0.569. The fourth-order valence-corrected chi connectivity index (χ4v) is 2.84. The molecule has 0 heterocycles. The van der Waals surface area contributed by atoms with E-state index in [0.717, 1.165) is 5.56 Å². The first-order valence-electron chi connectivity index (χ1n) is 6.27. The molecule has 0 saturated heterocycles. The van der Waals surface area contributed by atoms with Gasteiger partial charge in [-0.3, -0.25) is 11.3 Å². The number of thioether (sulfide) groups is 1. The average molecular weight is 294 g/mol. The molecule has 1 atom stereocenters. The molecule has 0 spiro atoms. The van der Waals surface area contributed by atoms with Gasteiger partial charge in [0.05, 0.1) is 0 Å². The van der Waals surface area contributed by atoms with E-state index in [9.17, 15) is 8.78 Å². The number of nitrogens with one attached hydrogen (secondary N) is 1. The van der Waals surface area contributed by atoms with Crippen LogP contribution in [0, 0.1) is 11.6 Å². The van der Waals surface area contributed by atoms with Crippen molar-refractivity contribution >= 4 is 11.8 Å². The van der Waals surface area contributed by atoms with Crippen molar-refractivity contribution < 1.29 is 8.78 Å². The third kappa shape index (κ3) is 4.30. The van der Waals surface area contributed by atoms with Crippen molar-refractivity contribution in [2.24, 2.45) is 5.84 Å². The first-order chi connectivity index (χ1) is 9.69. The van der Waals surface area contributed by atoms with Crippen LogP contribution in [0.15, 0.2) is 53.4 Å². The van der Waals surface area contributed by atoms with Gasteiger partial charge >= 0.3 is 0 Å². The summed E-state index contributed by atoms with van der Waals surface area (Å²) < 4.78 is 26.6. The summed E-state index contributed by atoms with van der Waals surface area (Å²) in [4.78, 5) is 0.590. The monoisotopic (exact) mass is 294 g/mol. The minimum absolute atomic E-state index is 0.0543. The van der Waals surface area contributed by atoms with Crippen molar-refractivity contribution in [3.63, 3.8) is 0 Å². The summed E-state index contributed by atoms with van der Waals surface area (Å²) in [5.74, 6) is 5.61. The molecule has 0 aromatic heterocycles. The minimum atomic E-state index is -0.264. The number of nitrogens with two attached hydrogens (primary N) is 1. The molecule has 2 aromatic rings. The Morgan fingerprint density at radius 1 is 1.10 bits per heavy atom. The number of halogens is 2. The van der Waals surface area contributed by atoms with Gasteiger partial charge in [0.1, 0.15) is 11.6 Å². The van der Waals surface area contributed by atoms with E-state index in [2.05, 4.69) is 5.43 Å². The summed E-state index contributed by atoms with van der Waals surface area (Å²) >= 11 is 1.39. The van der Waals surface area contributed by atoms with Crippen molar-refractivity contribution in [3.05, 3.63) is 65.7 Å². The van der Waals surface area contributed by atoms with Crippen molar-refractivity contribution in [1.29, 1.82) is 0 Å². The molecule has 2 aromatic carbocycles. The van der Waals surface area contributed by atoms with E-state index in [-0.39, 0.29) is 17.7 Å². The summed E-state index contributed by atoms with van der Waals surface area (Å²) in [5.41, 5.74) is 3.56. The van der Waals surface area contributed by atoms with Gasteiger partial charge in [0.2, 0.25) is 0 Å². The van der Waals surface area contributed by atoms with Gasteiger partial charge in [-0.2, -0.15) is 0 Å². The Hall–Kier alpha value is -1.43. The minimum Gasteiger partial charge on any atom is -0.271 e. The zero-order chi connectivity index (χ0) is 14.4. The van der Waals surface area contributed by atoms with Crippen molar-refractivity contribution in [2.45, 2.75) is 17.4 Å². The summed E-state index contributed by atoms with van der Waals surface area (Å²) in [5, 5.41) is 0. The largest absolute Gasteiger partial charge is 0.271 e. The summed E-state index contributed by atoms with van der Waals surface area (Å²) in [7, 11) is 0. The molecular weight excluding hydrogens is 278 g/mol. The maximum Gasteiger partial charge on any atom is 0.136 e. The second-order valence-corrected chi connectivity index (χ2v) is 5.50. The number of hydrazine groups is 1. The highest BCUT2D eigenvalue weighted by atomic mass is 32.2. The quantitative estimate of drug-likeness (QED) is 0.488. The molecule has 20 heavy (non-hydrogen) atoms. The molecule has 0 fully saturated rings. The standard InChI is InChI=1S/C15H16F2N2S/c16-12-5-3-4-11(8-12)9-13(19-18)10-20-15-7-2-1-6-14(15)17/h1-8,13,19H,9-10,18H2. The molecule has 0 aliphatic heterocycles. The van der Waals surface area contributed by atoms with Gasteiger partial charge in [-0.1, -0.05) is 24.3 Å². The number of benzene rings is 2. The van der Waals surface area contributed by atoms with E-state index in [4.69, 9.17) is 5.84 Å². The fourth-order valence-electron chi connectivity index (χ4n) is 1.87. The van der Waals surface area contributed by atoms with Gasteiger partial charge in [-0.05, 0) is 36.2 Å². The third-order valence-electron chi connectivity index (χ3n) is 2.88. The lowest BCUT2D eigenvalue weighted by Gasteiger charge is -2.15. The smallest absolute Gasteiger partial charge is 0.136 e. The highest BCUT2D eigenvalue weighted by Gasteiger charge is 2.10. The molecule has 3 N–H and O–H groups in total. The SMILES string of the molecule is NNC(CSc1ccccc1F)Cc1cccc(F)c1. The maximum atomic E-state index is 13.5. The lowest BCUT2D eigenvalue weighted by atomic mass is 10.1. The van der Waals surface area contributed by atoms with Crippen molar-refractivity contribution in [3.8, 4) is 0 Å². The Kier molecular flexibility index (Phi) is 5.52. The van der Waals surface area contributed by atoms with E-state index in [1.165, 1.54) is 30.0 Å². The van der Waals surface area contributed by atoms with Crippen LogP contribution in [0.3, 0.4) is 0 Å². The van der Waals surface area contributed by atoms with Crippen LogP contribution in [0.25, 0.3) is 0 Å². The average Bonchev–Trinajstić information content (AvgIpc) is 2.45. The Bertz CT molecular complexity index is 563. The van der Waals surface area contributed by atoms with E-state index in [1.54, 1.807) is 24.3 Å². The van der Waals surface area contributed by atoms with Gasteiger partial charge in [-0.15, -0.1) is 11.8 Å². The molecule has 0 radical (unpaired) electrons. The Morgan fingerprint density at radius 2 is 1.90 bits per heavy atom. The molecular formula is C15H16F2N2S. The van der Waals surface area contributed by atoms with Crippen LogP contribution in [0.2, 0.25) is 0 Å². The molecule has 106 valence electrons. The van der Waals surface area contributed by atoms with Gasteiger partial charge in [0, 0.05) is 16.7 Å². The van der Waals surface area contributed by atoms with E-state index >= 15 is 0 Å². The Labute approximate surface area is 121 Å². The number of hydrogen-bond donors (Lipinski definition) is 2. The van der Waals surface area contributed by atoms with Crippen LogP contribution < -0.4 is 11.3 Å². The molecule has 0 bridgehead atoms. The van der Waals surface area contributed by atoms with Crippen molar-refractivity contribution in [2.75, 3.05) is 5.75 Å². The zero-order valence-corrected chi connectivity index (χ0v) is 11.7. The Balaban J connectivity index is 1.94. The summed E-state index contributed by atoms with van der Waals surface area (Å²) in [6, 6.07) is 13.0. The molecule has 2 rings (SSSR count). The molecule has 5 heteroatoms. The van der Waals surface area contributed by atoms with Crippen LogP contribution in [-0.2, 0) is 6.42 Å². The zero-order valence-electron chi connectivity index (χ0n) is 10.9. The highest BCUT2D eigenvalue weighted by Crippen LogP contribution is 2.22. The first-order valence-corrected chi connectivity index (χ1v) is 7.25. The normalized spacial score (nSPS) is 12.3. The van der Waals surface area contributed by atoms with E-state index in [0.29, 0.717) is 17.1 Å². The molecule has 1 unspecified atom stereocenters. The molecule has 0 aliphatic rings. The molecule has 0 amide bonds. The molecule has 2 nitrogen and oxygen atoms in total. The lowest BCUT2D eigenvalue weighted by Crippen LogP contribution is -2.38. The van der Waals surface area contributed by atoms with Gasteiger partial charge in [-0.25, -0.2) is 8.78 Å². The molecule has 0 saturated carbocycles. The summed E-state index contributed by atoms with van der Waals surface area (Å²) in [6.45, 7) is 0. The van der Waals surface area contributed by atoms with Gasteiger partial charge < -0.3 is 0 Å². The summed E-state index contributed by atoms with van der Waals surface area (Å²) in [6.07, 6.45) is 0.593. The fraction of sp³-hybridized carbons (Fsp3) is 0.200. The van der Waals surface area contributed by atoms with Crippen LogP contribution in [0.1, 0.15) is 5.56 Å². The van der Waals surface area contributed by atoms with E-state index in [1.807, 2.05) is 6.07 Å². The highest BCUT2D eigenvalue weighted by molar-refractivity contribution is 7.99. The van der Waals surface area contributed by atoms with E-state index < -0.39 is 0 Å². The van der Waals surface area contributed by atoms with Gasteiger partial charge in [0.25, 0.3) is 0 Å². The van der Waals surface area contributed by atoms with Crippen LogP contribution in [0.5, 0.6) is 0 Å². The number of rotatable bonds is 6. The third-order valence-corrected chi connectivity index (χ3v) is 4.09. The second kappa shape index (κ2) is 7.38. The van der Waals surface area contributed by atoms with Crippen LogP contribution in [0.4, 0.5) is 8.78 Å². The second-order valence-electron chi connectivity index (χ2n) is 4.44. The topological polar surface area (TPSA) is 38.0 Å². The van der Waals surface area contributed by atoms with Crippen molar-refractivity contribution in [1.82, 2.24) is 5.43 Å². The first kappa shape index (κ1) is 15.0. The van der Waals surface area contributed by atoms with Crippen LogP contribution >= 0.6 is 11.8 Å². The Morgan fingerprint density at radius 3 is 2.60 bits per heavy atom. The van der Waals surface area contributed by atoms with Crippen LogP contribution in [-0.4, -0.2) is 11.8 Å². The predicted molar refractivity (Wildman–Crippen MR) is 78.3 cm³/mol.